The van der Waals surface area contributed by atoms with Crippen molar-refractivity contribution < 1.29 is 4.79 Å². The maximum absolute atomic E-state index is 10.2. The van der Waals surface area contributed by atoms with E-state index in [1.165, 1.54) is 0 Å². The van der Waals surface area contributed by atoms with Gasteiger partial charge in [-0.05, 0) is 22.0 Å². The minimum Gasteiger partial charge on any atom is -0.347 e. The number of hydrogen-bond donors (Lipinski definition) is 0. The zero-order chi connectivity index (χ0) is 6.85. The molecule has 0 aromatic carbocycles. The number of carbonyl (C=O) groups excluding carboxylic acids is 1. The molecule has 0 spiro atoms. The molecule has 0 saturated carbocycles. The van der Waals surface area contributed by atoms with E-state index in [4.69, 9.17) is 0 Å². The molecule has 1 aromatic rings. The first-order valence-corrected chi connectivity index (χ1v) is 3.30. The molecule has 9 heavy (non-hydrogen) atoms. The first-order valence-electron chi connectivity index (χ1n) is 2.51. The Bertz CT molecular complexity index is 229. The van der Waals surface area contributed by atoms with Gasteiger partial charge in [0, 0.05) is 17.7 Å². The molecule has 0 aliphatic rings. The van der Waals surface area contributed by atoms with Crippen molar-refractivity contribution in [1.29, 1.82) is 0 Å². The van der Waals surface area contributed by atoms with Crippen LogP contribution in [0.2, 0.25) is 0 Å². The molecule has 3 heteroatoms. The molecule has 0 radical (unpaired) electrons. The fourth-order valence-electron chi connectivity index (χ4n) is 0.657. The van der Waals surface area contributed by atoms with Crippen LogP contribution in [0.15, 0.2) is 16.7 Å². The average molecular weight is 188 g/mol. The third kappa shape index (κ3) is 1.21. The largest absolute Gasteiger partial charge is 0.347 e. The lowest BCUT2D eigenvalue weighted by Gasteiger charge is -1.88. The lowest BCUT2D eigenvalue weighted by Crippen LogP contribution is -1.90. The van der Waals surface area contributed by atoms with E-state index in [1.54, 1.807) is 10.6 Å². The number of aldehydes is 1. The highest BCUT2D eigenvalue weighted by Crippen LogP contribution is 2.11. The highest BCUT2D eigenvalue weighted by molar-refractivity contribution is 9.10. The zero-order valence-corrected chi connectivity index (χ0v) is 6.55. The normalized spacial score (nSPS) is 9.56. The van der Waals surface area contributed by atoms with Gasteiger partial charge in [0.05, 0.1) is 5.69 Å². The van der Waals surface area contributed by atoms with E-state index in [9.17, 15) is 4.79 Å². The van der Waals surface area contributed by atoms with Crippen LogP contribution in [-0.2, 0) is 7.05 Å². The summed E-state index contributed by atoms with van der Waals surface area (Å²) in [7, 11) is 1.83. The molecular formula is C6H6BrNO. The summed E-state index contributed by atoms with van der Waals surface area (Å²) in [5.41, 5.74) is 0.682. The maximum atomic E-state index is 10.2. The van der Waals surface area contributed by atoms with Crippen LogP contribution >= 0.6 is 15.9 Å². The Balaban J connectivity index is 3.15. The Kier molecular flexibility index (Phi) is 1.71. The summed E-state index contributed by atoms with van der Waals surface area (Å²) in [5.74, 6) is 0. The van der Waals surface area contributed by atoms with Gasteiger partial charge >= 0.3 is 0 Å². The number of nitrogens with zero attached hydrogens (tertiary/aromatic N) is 1. The summed E-state index contributed by atoms with van der Waals surface area (Å²) in [4.78, 5) is 10.2. The molecule has 0 atom stereocenters. The van der Waals surface area contributed by atoms with Crippen molar-refractivity contribution in [2.45, 2.75) is 0 Å². The Morgan fingerprint density at radius 1 is 1.78 bits per heavy atom. The van der Waals surface area contributed by atoms with Crippen molar-refractivity contribution in [1.82, 2.24) is 4.57 Å². The molecule has 0 saturated heterocycles. The van der Waals surface area contributed by atoms with Gasteiger partial charge in [0.1, 0.15) is 0 Å². The summed E-state index contributed by atoms with van der Waals surface area (Å²) in [6, 6.07) is 1.77. The van der Waals surface area contributed by atoms with Crippen LogP contribution in [0, 0.1) is 0 Å². The second-order valence-electron chi connectivity index (χ2n) is 1.81. The lowest BCUT2D eigenvalue weighted by atomic mass is 10.5. The minimum absolute atomic E-state index is 0.682. The van der Waals surface area contributed by atoms with Crippen molar-refractivity contribution in [2.24, 2.45) is 7.05 Å². The van der Waals surface area contributed by atoms with Gasteiger partial charge in [-0.15, -0.1) is 0 Å². The quantitative estimate of drug-likeness (QED) is 0.613. The Morgan fingerprint density at radius 3 is 2.67 bits per heavy atom. The van der Waals surface area contributed by atoms with E-state index in [1.807, 2.05) is 13.2 Å². The maximum Gasteiger partial charge on any atom is 0.166 e. The van der Waals surface area contributed by atoms with Gasteiger partial charge in [-0.1, -0.05) is 0 Å². The van der Waals surface area contributed by atoms with Crippen LogP contribution in [0.25, 0.3) is 0 Å². The van der Waals surface area contributed by atoms with Gasteiger partial charge in [-0.2, -0.15) is 0 Å². The van der Waals surface area contributed by atoms with Gasteiger partial charge < -0.3 is 4.57 Å². The highest BCUT2D eigenvalue weighted by atomic mass is 79.9. The lowest BCUT2D eigenvalue weighted by molar-refractivity contribution is 0.111. The average Bonchev–Trinajstić information content (AvgIpc) is 2.10. The molecule has 0 aliphatic heterocycles. The van der Waals surface area contributed by atoms with E-state index < -0.39 is 0 Å². The first-order chi connectivity index (χ1) is 4.24. The van der Waals surface area contributed by atoms with E-state index in [-0.39, 0.29) is 0 Å². The Morgan fingerprint density at radius 2 is 2.44 bits per heavy atom. The van der Waals surface area contributed by atoms with Gasteiger partial charge in [0.25, 0.3) is 0 Å². The fraction of sp³-hybridized carbons (Fsp3) is 0.167. The van der Waals surface area contributed by atoms with Crippen LogP contribution in [0.1, 0.15) is 10.5 Å². The molecular weight excluding hydrogens is 182 g/mol. The molecule has 2 nitrogen and oxygen atoms in total. The third-order valence-electron chi connectivity index (χ3n) is 1.13. The fourth-order valence-corrected chi connectivity index (χ4v) is 1.20. The number of halogens is 1. The monoisotopic (exact) mass is 187 g/mol. The van der Waals surface area contributed by atoms with Gasteiger partial charge in [-0.25, -0.2) is 0 Å². The van der Waals surface area contributed by atoms with Gasteiger partial charge in [-0.3, -0.25) is 4.79 Å². The highest BCUT2D eigenvalue weighted by Gasteiger charge is 1.96. The van der Waals surface area contributed by atoms with Crippen molar-refractivity contribution in [2.75, 3.05) is 0 Å². The molecule has 1 heterocycles. The number of aromatic nitrogens is 1. The second kappa shape index (κ2) is 2.35. The molecule has 1 aromatic heterocycles. The molecule has 0 unspecified atom stereocenters. The Labute approximate surface area is 61.6 Å². The topological polar surface area (TPSA) is 22.0 Å². The van der Waals surface area contributed by atoms with E-state index in [2.05, 4.69) is 15.9 Å². The molecule has 0 bridgehead atoms. The summed E-state index contributed by atoms with van der Waals surface area (Å²) in [5, 5.41) is 0. The van der Waals surface area contributed by atoms with Crippen LogP contribution in [0.5, 0.6) is 0 Å². The standard InChI is InChI=1S/C6H6BrNO/c1-8-3-5(7)2-6(8)4-9/h2-4H,1H3. The molecule has 0 aliphatic carbocycles. The van der Waals surface area contributed by atoms with Gasteiger partial charge in [0.15, 0.2) is 6.29 Å². The second-order valence-corrected chi connectivity index (χ2v) is 2.73. The first kappa shape index (κ1) is 6.55. The SMILES string of the molecule is Cn1cc(Br)cc1C=O. The number of hydrogen-bond acceptors (Lipinski definition) is 1. The molecule has 1 rings (SSSR count). The van der Waals surface area contributed by atoms with Crippen molar-refractivity contribution >= 4 is 22.2 Å². The summed E-state index contributed by atoms with van der Waals surface area (Å²) < 4.78 is 2.70. The molecule has 48 valence electrons. The third-order valence-corrected chi connectivity index (χ3v) is 1.56. The van der Waals surface area contributed by atoms with Crippen LogP contribution < -0.4 is 0 Å². The number of aryl methyl sites for hydroxylation is 1. The summed E-state index contributed by atoms with van der Waals surface area (Å²) >= 11 is 3.24. The van der Waals surface area contributed by atoms with Crippen molar-refractivity contribution in [3.8, 4) is 0 Å². The predicted molar refractivity (Wildman–Crippen MR) is 38.5 cm³/mol. The number of carbonyl (C=O) groups is 1. The van der Waals surface area contributed by atoms with Crippen LogP contribution in [-0.4, -0.2) is 10.9 Å². The van der Waals surface area contributed by atoms with Crippen LogP contribution in [0.4, 0.5) is 0 Å². The van der Waals surface area contributed by atoms with Crippen molar-refractivity contribution in [3.63, 3.8) is 0 Å². The molecule has 0 fully saturated rings. The Hall–Kier alpha value is -0.570. The zero-order valence-electron chi connectivity index (χ0n) is 4.97. The van der Waals surface area contributed by atoms with Crippen molar-refractivity contribution in [3.05, 3.63) is 22.4 Å². The van der Waals surface area contributed by atoms with Gasteiger partial charge in [0.2, 0.25) is 0 Å². The summed E-state index contributed by atoms with van der Waals surface area (Å²) in [6.45, 7) is 0. The molecule has 0 amide bonds. The van der Waals surface area contributed by atoms with E-state index >= 15 is 0 Å². The molecule has 0 N–H and O–H groups in total. The number of rotatable bonds is 1. The predicted octanol–water partition coefficient (Wildman–Crippen LogP) is 1.60. The van der Waals surface area contributed by atoms with E-state index in [0.717, 1.165) is 10.8 Å². The van der Waals surface area contributed by atoms with Crippen LogP contribution in [0.3, 0.4) is 0 Å². The minimum atomic E-state index is 0.682. The smallest absolute Gasteiger partial charge is 0.166 e. The summed E-state index contributed by atoms with van der Waals surface area (Å²) in [6.07, 6.45) is 2.66. The van der Waals surface area contributed by atoms with E-state index in [0.29, 0.717) is 5.69 Å².